The Hall–Kier alpha value is -0.200. The molecule has 0 aliphatic carbocycles. The third-order valence-electron chi connectivity index (χ3n) is 2.47. The zero-order valence-corrected chi connectivity index (χ0v) is 11.2. The highest BCUT2D eigenvalue weighted by Crippen LogP contribution is 1.98. The van der Waals surface area contributed by atoms with Gasteiger partial charge in [-0.15, -0.1) is 0 Å². The number of ether oxygens (including phenoxy) is 2. The summed E-state index contributed by atoms with van der Waals surface area (Å²) in [5, 5.41) is 21.5. The van der Waals surface area contributed by atoms with E-state index < -0.39 is 6.10 Å². The zero-order chi connectivity index (χ0) is 13.1. The smallest absolute Gasteiger partial charge is 0.0897 e. The molecule has 0 aromatic heterocycles. The first-order valence-electron chi connectivity index (χ1n) is 6.20. The van der Waals surface area contributed by atoms with Crippen molar-refractivity contribution >= 4 is 0 Å². The second-order valence-electron chi connectivity index (χ2n) is 4.53. The van der Waals surface area contributed by atoms with E-state index in [9.17, 15) is 5.11 Å². The van der Waals surface area contributed by atoms with Gasteiger partial charge in [-0.2, -0.15) is 0 Å². The van der Waals surface area contributed by atoms with Gasteiger partial charge in [0.05, 0.1) is 25.4 Å². The average Bonchev–Trinajstić information content (AvgIpc) is 2.27. The van der Waals surface area contributed by atoms with Gasteiger partial charge in [-0.25, -0.2) is 0 Å². The highest BCUT2D eigenvalue weighted by atomic mass is 16.5. The molecule has 0 rings (SSSR count). The summed E-state index contributed by atoms with van der Waals surface area (Å²) in [6.07, 6.45) is 0.281. The summed E-state index contributed by atoms with van der Waals surface area (Å²) < 4.78 is 10.3. The van der Waals surface area contributed by atoms with Crippen LogP contribution in [0.15, 0.2) is 0 Å². The number of hydrogen-bond acceptors (Lipinski definition) is 5. The van der Waals surface area contributed by atoms with Crippen molar-refractivity contribution < 1.29 is 19.7 Å². The number of rotatable bonds is 11. The van der Waals surface area contributed by atoms with E-state index in [1.807, 2.05) is 6.92 Å². The summed E-state index contributed by atoms with van der Waals surface area (Å²) in [5.74, 6) is 0.417. The lowest BCUT2D eigenvalue weighted by Crippen LogP contribution is -2.34. The molecule has 5 nitrogen and oxygen atoms in total. The molecule has 3 unspecified atom stereocenters. The number of nitrogens with one attached hydrogen (secondary N) is 1. The summed E-state index contributed by atoms with van der Waals surface area (Å²) in [4.78, 5) is 0. The SMILES string of the molecule is COCC(C)OCC(O)CNCC(C)CCO. The minimum absolute atomic E-state index is 0.00274. The summed E-state index contributed by atoms with van der Waals surface area (Å²) in [6.45, 7) is 6.34. The zero-order valence-electron chi connectivity index (χ0n) is 11.2. The van der Waals surface area contributed by atoms with Crippen LogP contribution < -0.4 is 5.32 Å². The molecule has 0 aromatic carbocycles. The Morgan fingerprint density at radius 2 is 1.88 bits per heavy atom. The first-order chi connectivity index (χ1) is 8.10. The maximum absolute atomic E-state index is 9.63. The van der Waals surface area contributed by atoms with Gasteiger partial charge in [0.1, 0.15) is 0 Å². The van der Waals surface area contributed by atoms with Gasteiger partial charge in [0.15, 0.2) is 0 Å². The monoisotopic (exact) mass is 249 g/mol. The molecule has 0 spiro atoms. The van der Waals surface area contributed by atoms with Crippen molar-refractivity contribution in [3.05, 3.63) is 0 Å². The Bertz CT molecular complexity index is 169. The largest absolute Gasteiger partial charge is 0.396 e. The molecular formula is C12H27NO4. The number of aliphatic hydroxyl groups is 2. The molecule has 0 saturated carbocycles. The van der Waals surface area contributed by atoms with Crippen LogP contribution in [0.2, 0.25) is 0 Å². The van der Waals surface area contributed by atoms with Crippen molar-refractivity contribution in [3.8, 4) is 0 Å². The molecule has 0 aliphatic heterocycles. The van der Waals surface area contributed by atoms with Gasteiger partial charge in [-0.05, 0) is 25.8 Å². The topological polar surface area (TPSA) is 71.0 Å². The fraction of sp³-hybridized carbons (Fsp3) is 1.00. The minimum atomic E-state index is -0.504. The molecule has 0 radical (unpaired) electrons. The summed E-state index contributed by atoms with van der Waals surface area (Å²) in [7, 11) is 1.63. The first kappa shape index (κ1) is 16.8. The Balaban J connectivity index is 3.42. The van der Waals surface area contributed by atoms with E-state index >= 15 is 0 Å². The molecule has 3 N–H and O–H groups in total. The highest BCUT2D eigenvalue weighted by molar-refractivity contribution is 4.62. The number of hydrogen-bond donors (Lipinski definition) is 3. The third-order valence-corrected chi connectivity index (χ3v) is 2.47. The quantitative estimate of drug-likeness (QED) is 0.481. The van der Waals surface area contributed by atoms with Gasteiger partial charge in [-0.3, -0.25) is 0 Å². The van der Waals surface area contributed by atoms with Crippen molar-refractivity contribution in [2.75, 3.05) is 40.0 Å². The molecule has 0 fully saturated rings. The van der Waals surface area contributed by atoms with E-state index in [2.05, 4.69) is 12.2 Å². The second-order valence-corrected chi connectivity index (χ2v) is 4.53. The molecular weight excluding hydrogens is 222 g/mol. The maximum atomic E-state index is 9.63. The molecule has 3 atom stereocenters. The third kappa shape index (κ3) is 10.7. The first-order valence-corrected chi connectivity index (χ1v) is 6.20. The fourth-order valence-electron chi connectivity index (χ4n) is 1.44. The summed E-state index contributed by atoms with van der Waals surface area (Å²) in [5.41, 5.74) is 0. The lowest BCUT2D eigenvalue weighted by Gasteiger charge is -2.17. The molecule has 17 heavy (non-hydrogen) atoms. The average molecular weight is 249 g/mol. The standard InChI is InChI=1S/C12H27NO4/c1-10(4-5-14)6-13-7-12(15)9-17-11(2)8-16-3/h10-15H,4-9H2,1-3H3. The van der Waals surface area contributed by atoms with E-state index in [4.69, 9.17) is 14.6 Å². The van der Waals surface area contributed by atoms with Crippen molar-refractivity contribution in [2.45, 2.75) is 32.5 Å². The van der Waals surface area contributed by atoms with Crippen LogP contribution in [0.3, 0.4) is 0 Å². The van der Waals surface area contributed by atoms with Crippen LogP contribution in [-0.2, 0) is 9.47 Å². The van der Waals surface area contributed by atoms with Crippen molar-refractivity contribution in [1.82, 2.24) is 5.32 Å². The fourth-order valence-corrected chi connectivity index (χ4v) is 1.44. The van der Waals surface area contributed by atoms with Gasteiger partial charge >= 0.3 is 0 Å². The van der Waals surface area contributed by atoms with Gasteiger partial charge in [0.2, 0.25) is 0 Å². The molecule has 0 saturated heterocycles. The molecule has 0 bridgehead atoms. The second kappa shape index (κ2) is 10.9. The van der Waals surface area contributed by atoms with E-state index in [1.165, 1.54) is 0 Å². The van der Waals surface area contributed by atoms with Gasteiger partial charge in [-0.1, -0.05) is 6.92 Å². The summed E-state index contributed by atoms with van der Waals surface area (Å²) in [6, 6.07) is 0. The Morgan fingerprint density at radius 1 is 1.18 bits per heavy atom. The van der Waals surface area contributed by atoms with Crippen LogP contribution in [0.5, 0.6) is 0 Å². The molecule has 0 amide bonds. The Kier molecular flexibility index (Phi) is 10.8. The van der Waals surface area contributed by atoms with Crippen LogP contribution in [0.4, 0.5) is 0 Å². The van der Waals surface area contributed by atoms with E-state index in [-0.39, 0.29) is 12.7 Å². The molecule has 5 heteroatoms. The predicted molar refractivity (Wildman–Crippen MR) is 67.0 cm³/mol. The number of aliphatic hydroxyl groups excluding tert-OH is 2. The van der Waals surface area contributed by atoms with Crippen LogP contribution in [0, 0.1) is 5.92 Å². The summed E-state index contributed by atoms with van der Waals surface area (Å²) >= 11 is 0. The predicted octanol–water partition coefficient (Wildman–Crippen LogP) is 0.00690. The Labute approximate surface area is 104 Å². The highest BCUT2D eigenvalue weighted by Gasteiger charge is 2.08. The molecule has 104 valence electrons. The van der Waals surface area contributed by atoms with Crippen LogP contribution in [0.25, 0.3) is 0 Å². The van der Waals surface area contributed by atoms with Gasteiger partial charge < -0.3 is 25.0 Å². The van der Waals surface area contributed by atoms with Crippen LogP contribution in [-0.4, -0.2) is 62.4 Å². The van der Waals surface area contributed by atoms with Gasteiger partial charge in [0.25, 0.3) is 0 Å². The normalized spacial score (nSPS) is 16.8. The van der Waals surface area contributed by atoms with Crippen molar-refractivity contribution in [3.63, 3.8) is 0 Å². The molecule has 0 aliphatic rings. The number of methoxy groups -OCH3 is 1. The minimum Gasteiger partial charge on any atom is -0.396 e. The van der Waals surface area contributed by atoms with Gasteiger partial charge in [0, 0.05) is 20.3 Å². The lowest BCUT2D eigenvalue weighted by atomic mass is 10.1. The molecule has 0 aromatic rings. The van der Waals surface area contributed by atoms with E-state index in [1.54, 1.807) is 7.11 Å². The van der Waals surface area contributed by atoms with E-state index in [0.717, 1.165) is 13.0 Å². The maximum Gasteiger partial charge on any atom is 0.0897 e. The lowest BCUT2D eigenvalue weighted by molar-refractivity contribution is -0.0311. The Morgan fingerprint density at radius 3 is 2.47 bits per heavy atom. The van der Waals surface area contributed by atoms with Crippen LogP contribution in [0.1, 0.15) is 20.3 Å². The van der Waals surface area contributed by atoms with Crippen molar-refractivity contribution in [1.29, 1.82) is 0 Å². The van der Waals surface area contributed by atoms with E-state index in [0.29, 0.717) is 25.7 Å². The van der Waals surface area contributed by atoms with Crippen LogP contribution >= 0.6 is 0 Å². The van der Waals surface area contributed by atoms with Crippen molar-refractivity contribution in [2.24, 2.45) is 5.92 Å². The molecule has 0 heterocycles.